The van der Waals surface area contributed by atoms with E-state index in [9.17, 15) is 4.79 Å². The van der Waals surface area contributed by atoms with Crippen LogP contribution < -0.4 is 16.4 Å². The molecule has 0 atom stereocenters. The van der Waals surface area contributed by atoms with Gasteiger partial charge in [-0.25, -0.2) is 0 Å². The van der Waals surface area contributed by atoms with Gasteiger partial charge in [-0.05, 0) is 37.5 Å². The van der Waals surface area contributed by atoms with Crippen molar-refractivity contribution < 1.29 is 4.79 Å². The zero-order chi connectivity index (χ0) is 14.4. The predicted molar refractivity (Wildman–Crippen MR) is 84.0 cm³/mol. The van der Waals surface area contributed by atoms with Crippen molar-refractivity contribution in [3.05, 3.63) is 23.8 Å². The van der Waals surface area contributed by atoms with Crippen molar-refractivity contribution >= 4 is 17.3 Å². The van der Waals surface area contributed by atoms with Crippen LogP contribution in [0, 0.1) is 0 Å². The summed E-state index contributed by atoms with van der Waals surface area (Å²) in [6.45, 7) is 2.73. The van der Waals surface area contributed by atoms with Gasteiger partial charge in [0.2, 0.25) is 0 Å². The fourth-order valence-corrected chi connectivity index (χ4v) is 2.68. The van der Waals surface area contributed by atoms with Gasteiger partial charge >= 0.3 is 0 Å². The van der Waals surface area contributed by atoms with Crippen LogP contribution in [0.25, 0.3) is 0 Å². The molecule has 0 spiro atoms. The van der Waals surface area contributed by atoms with Gasteiger partial charge in [-0.3, -0.25) is 4.79 Å². The molecular weight excluding hydrogens is 250 g/mol. The molecule has 0 bridgehead atoms. The quantitative estimate of drug-likeness (QED) is 0.723. The number of anilines is 2. The smallest absolute Gasteiger partial charge is 0.253 e. The molecule has 0 heterocycles. The molecule has 0 unspecified atom stereocenters. The number of nitrogens with one attached hydrogen (secondary N) is 2. The number of carbonyl (C=O) groups excluding carboxylic acids is 1. The van der Waals surface area contributed by atoms with Crippen molar-refractivity contribution in [2.45, 2.75) is 51.5 Å². The molecule has 0 aliphatic heterocycles. The van der Waals surface area contributed by atoms with Gasteiger partial charge in [-0.2, -0.15) is 0 Å². The Bertz CT molecular complexity index is 453. The lowest BCUT2D eigenvalue weighted by Crippen LogP contribution is -2.28. The van der Waals surface area contributed by atoms with Crippen LogP contribution in [-0.4, -0.2) is 18.5 Å². The van der Waals surface area contributed by atoms with Crippen LogP contribution in [0.4, 0.5) is 11.4 Å². The number of rotatable bonds is 5. The van der Waals surface area contributed by atoms with E-state index in [1.807, 2.05) is 19.1 Å². The average Bonchev–Trinajstić information content (AvgIpc) is 2.47. The molecule has 0 radical (unpaired) electrons. The average molecular weight is 275 g/mol. The van der Waals surface area contributed by atoms with Crippen LogP contribution in [0.5, 0.6) is 0 Å². The molecule has 1 fully saturated rings. The summed E-state index contributed by atoms with van der Waals surface area (Å²) in [4.78, 5) is 12.2. The minimum Gasteiger partial charge on any atom is -0.399 e. The first kappa shape index (κ1) is 14.7. The summed E-state index contributed by atoms with van der Waals surface area (Å²) in [5.41, 5.74) is 8.00. The lowest BCUT2D eigenvalue weighted by atomic mass is 9.95. The number of nitrogen functional groups attached to an aromatic ring is 1. The molecule has 20 heavy (non-hydrogen) atoms. The maximum atomic E-state index is 12.2. The highest BCUT2D eigenvalue weighted by Gasteiger charge is 2.17. The second-order valence-electron chi connectivity index (χ2n) is 5.54. The third kappa shape index (κ3) is 3.89. The molecule has 1 amide bonds. The Balaban J connectivity index is 2.12. The first-order valence-electron chi connectivity index (χ1n) is 7.65. The van der Waals surface area contributed by atoms with Crippen molar-refractivity contribution in [3.8, 4) is 0 Å². The SMILES string of the molecule is CCCNC(=O)c1cc(N)ccc1NC1CCCCC1. The van der Waals surface area contributed by atoms with E-state index in [0.717, 1.165) is 12.1 Å². The molecule has 1 aromatic rings. The van der Waals surface area contributed by atoms with Crippen LogP contribution in [0.3, 0.4) is 0 Å². The highest BCUT2D eigenvalue weighted by molar-refractivity contribution is 6.00. The summed E-state index contributed by atoms with van der Waals surface area (Å²) < 4.78 is 0. The third-order valence-electron chi connectivity index (χ3n) is 3.79. The Morgan fingerprint density at radius 1 is 1.30 bits per heavy atom. The van der Waals surface area contributed by atoms with E-state index in [0.29, 0.717) is 23.8 Å². The van der Waals surface area contributed by atoms with Crippen LogP contribution >= 0.6 is 0 Å². The molecule has 0 saturated heterocycles. The van der Waals surface area contributed by atoms with Crippen molar-refractivity contribution in [2.24, 2.45) is 0 Å². The Kier molecular flexibility index (Phi) is 5.27. The van der Waals surface area contributed by atoms with E-state index in [-0.39, 0.29) is 5.91 Å². The van der Waals surface area contributed by atoms with Gasteiger partial charge < -0.3 is 16.4 Å². The third-order valence-corrected chi connectivity index (χ3v) is 3.79. The van der Waals surface area contributed by atoms with Gasteiger partial charge in [0.1, 0.15) is 0 Å². The molecule has 2 rings (SSSR count). The summed E-state index contributed by atoms with van der Waals surface area (Å²) >= 11 is 0. The summed E-state index contributed by atoms with van der Waals surface area (Å²) in [5, 5.41) is 6.44. The number of hydrogen-bond donors (Lipinski definition) is 3. The molecule has 1 aliphatic carbocycles. The first-order valence-corrected chi connectivity index (χ1v) is 7.65. The molecule has 4 N–H and O–H groups in total. The van der Waals surface area contributed by atoms with Crippen LogP contribution in [0.1, 0.15) is 55.8 Å². The Morgan fingerprint density at radius 3 is 2.75 bits per heavy atom. The Hall–Kier alpha value is -1.71. The maximum Gasteiger partial charge on any atom is 0.253 e. The standard InChI is InChI=1S/C16H25N3O/c1-2-10-18-16(20)14-11-12(17)8-9-15(14)19-13-6-4-3-5-7-13/h8-9,11,13,19H,2-7,10,17H2,1H3,(H,18,20). The predicted octanol–water partition coefficient (Wildman–Crippen LogP) is 3.15. The number of benzene rings is 1. The monoisotopic (exact) mass is 275 g/mol. The molecule has 110 valence electrons. The fourth-order valence-electron chi connectivity index (χ4n) is 2.68. The number of amides is 1. The van der Waals surface area contributed by atoms with Crippen molar-refractivity contribution in [3.63, 3.8) is 0 Å². The van der Waals surface area contributed by atoms with Crippen LogP contribution in [0.15, 0.2) is 18.2 Å². The van der Waals surface area contributed by atoms with Crippen molar-refractivity contribution in [1.82, 2.24) is 5.32 Å². The minimum absolute atomic E-state index is 0.0440. The second-order valence-corrected chi connectivity index (χ2v) is 5.54. The number of carbonyl (C=O) groups is 1. The topological polar surface area (TPSA) is 67.2 Å². The number of nitrogens with two attached hydrogens (primary N) is 1. The van der Waals surface area contributed by atoms with E-state index in [4.69, 9.17) is 5.73 Å². The zero-order valence-electron chi connectivity index (χ0n) is 12.2. The van der Waals surface area contributed by atoms with Crippen molar-refractivity contribution in [2.75, 3.05) is 17.6 Å². The van der Waals surface area contributed by atoms with Gasteiger partial charge in [0.25, 0.3) is 5.91 Å². The first-order chi connectivity index (χ1) is 9.70. The van der Waals surface area contributed by atoms with E-state index < -0.39 is 0 Å². The number of hydrogen-bond acceptors (Lipinski definition) is 3. The van der Waals surface area contributed by atoms with E-state index in [1.165, 1.54) is 32.1 Å². The Morgan fingerprint density at radius 2 is 2.05 bits per heavy atom. The van der Waals surface area contributed by atoms with Crippen LogP contribution in [-0.2, 0) is 0 Å². The molecule has 1 aromatic carbocycles. The fraction of sp³-hybridized carbons (Fsp3) is 0.562. The lowest BCUT2D eigenvalue weighted by Gasteiger charge is -2.25. The second kappa shape index (κ2) is 7.17. The molecule has 1 aliphatic rings. The summed E-state index contributed by atoms with van der Waals surface area (Å²) in [5.74, 6) is -0.0440. The maximum absolute atomic E-state index is 12.2. The molecular formula is C16H25N3O. The van der Waals surface area contributed by atoms with Crippen LogP contribution in [0.2, 0.25) is 0 Å². The lowest BCUT2D eigenvalue weighted by molar-refractivity contribution is 0.0954. The molecule has 4 heteroatoms. The molecule has 4 nitrogen and oxygen atoms in total. The van der Waals surface area contributed by atoms with Gasteiger partial charge in [0.05, 0.1) is 5.56 Å². The normalized spacial score (nSPS) is 15.8. The minimum atomic E-state index is -0.0440. The van der Waals surface area contributed by atoms with Gasteiger partial charge in [0, 0.05) is 24.0 Å². The largest absolute Gasteiger partial charge is 0.399 e. The summed E-state index contributed by atoms with van der Waals surface area (Å²) in [6.07, 6.45) is 7.15. The highest BCUT2D eigenvalue weighted by atomic mass is 16.1. The highest BCUT2D eigenvalue weighted by Crippen LogP contribution is 2.25. The summed E-state index contributed by atoms with van der Waals surface area (Å²) in [6, 6.07) is 6.01. The molecule has 1 saturated carbocycles. The van der Waals surface area contributed by atoms with Gasteiger partial charge in [0.15, 0.2) is 0 Å². The van der Waals surface area contributed by atoms with E-state index in [2.05, 4.69) is 10.6 Å². The Labute approximate surface area is 121 Å². The van der Waals surface area contributed by atoms with Gasteiger partial charge in [-0.15, -0.1) is 0 Å². The van der Waals surface area contributed by atoms with E-state index >= 15 is 0 Å². The zero-order valence-corrected chi connectivity index (χ0v) is 12.2. The van der Waals surface area contributed by atoms with Crippen molar-refractivity contribution in [1.29, 1.82) is 0 Å². The van der Waals surface area contributed by atoms with Gasteiger partial charge in [-0.1, -0.05) is 26.2 Å². The van der Waals surface area contributed by atoms with E-state index in [1.54, 1.807) is 6.07 Å². The molecule has 0 aromatic heterocycles. The summed E-state index contributed by atoms with van der Waals surface area (Å²) in [7, 11) is 0.